The zero-order valence-corrected chi connectivity index (χ0v) is 33.2. The SMILES string of the molecule is c1ccc(-c2ccc(N(c3ccc(-c4ccc5c(c4)C4(c6ccccc6-5)C5CC6CC(C5)CC4C6)cc3)c3ccc4c(c3)C3(CCCC3)c3ccccc3-4)cc2)cc1. The lowest BCUT2D eigenvalue weighted by Gasteiger charge is -2.61. The molecular formula is C57H49N. The summed E-state index contributed by atoms with van der Waals surface area (Å²) in [6.07, 6.45) is 12.2. The van der Waals surface area contributed by atoms with Crippen molar-refractivity contribution >= 4 is 17.1 Å². The summed E-state index contributed by atoms with van der Waals surface area (Å²) in [6, 6.07) is 63.0. The molecule has 2 spiro atoms. The number of fused-ring (bicyclic) bond motifs is 8. The summed E-state index contributed by atoms with van der Waals surface area (Å²) < 4.78 is 0. The number of hydrogen-bond acceptors (Lipinski definition) is 1. The van der Waals surface area contributed by atoms with Crippen molar-refractivity contribution in [2.45, 2.75) is 68.6 Å². The van der Waals surface area contributed by atoms with E-state index in [-0.39, 0.29) is 10.8 Å². The van der Waals surface area contributed by atoms with Crippen LogP contribution in [0.1, 0.15) is 80.0 Å². The summed E-state index contributed by atoms with van der Waals surface area (Å²) in [5, 5.41) is 0. The first-order chi connectivity index (χ1) is 28.7. The van der Waals surface area contributed by atoms with E-state index in [0.717, 1.165) is 23.7 Å². The first-order valence-electron chi connectivity index (χ1n) is 22.2. The third-order valence-corrected chi connectivity index (χ3v) is 16.2. The average molecular weight is 748 g/mol. The van der Waals surface area contributed by atoms with Crippen molar-refractivity contribution in [3.8, 4) is 44.5 Å². The topological polar surface area (TPSA) is 3.24 Å². The molecule has 0 atom stereocenters. The summed E-state index contributed by atoms with van der Waals surface area (Å²) in [4.78, 5) is 2.49. The Labute approximate surface area is 343 Å². The van der Waals surface area contributed by atoms with Gasteiger partial charge in [0.05, 0.1) is 0 Å². The summed E-state index contributed by atoms with van der Waals surface area (Å²) in [5.74, 6) is 3.44. The maximum absolute atomic E-state index is 2.63. The van der Waals surface area contributed by atoms with Gasteiger partial charge in [-0.2, -0.15) is 0 Å². The van der Waals surface area contributed by atoms with Crippen molar-refractivity contribution in [3.05, 3.63) is 186 Å². The van der Waals surface area contributed by atoms with E-state index in [9.17, 15) is 0 Å². The minimum Gasteiger partial charge on any atom is -0.310 e. The summed E-state index contributed by atoms with van der Waals surface area (Å²) in [5.41, 5.74) is 21.2. The van der Waals surface area contributed by atoms with Crippen LogP contribution in [0.15, 0.2) is 164 Å². The predicted octanol–water partition coefficient (Wildman–Crippen LogP) is 15.1. The third-order valence-electron chi connectivity index (χ3n) is 16.2. The fourth-order valence-corrected chi connectivity index (χ4v) is 14.1. The normalized spacial score (nSPS) is 24.8. The van der Waals surface area contributed by atoms with Crippen LogP contribution in [0.3, 0.4) is 0 Å². The Morgan fingerprint density at radius 1 is 0.362 bits per heavy atom. The minimum absolute atomic E-state index is 0.122. The second-order valence-electron chi connectivity index (χ2n) is 18.8. The molecule has 14 rings (SSSR count). The van der Waals surface area contributed by atoms with Crippen LogP contribution in [0.4, 0.5) is 17.1 Å². The van der Waals surface area contributed by atoms with Crippen molar-refractivity contribution in [2.24, 2.45) is 23.7 Å². The molecule has 7 aliphatic carbocycles. The molecule has 0 aliphatic heterocycles. The Morgan fingerprint density at radius 2 is 0.845 bits per heavy atom. The Morgan fingerprint density at radius 3 is 1.52 bits per heavy atom. The summed E-state index contributed by atoms with van der Waals surface area (Å²) >= 11 is 0. The van der Waals surface area contributed by atoms with Gasteiger partial charge in [0.2, 0.25) is 0 Å². The minimum atomic E-state index is 0.122. The smallest absolute Gasteiger partial charge is 0.0465 e. The lowest BCUT2D eigenvalue weighted by atomic mass is 9.43. The van der Waals surface area contributed by atoms with Crippen LogP contribution in [-0.2, 0) is 10.8 Å². The van der Waals surface area contributed by atoms with Crippen molar-refractivity contribution in [2.75, 3.05) is 4.90 Å². The van der Waals surface area contributed by atoms with Crippen LogP contribution in [0.2, 0.25) is 0 Å². The Hall–Kier alpha value is -5.66. The number of benzene rings is 7. The fraction of sp³-hybridized carbons (Fsp3) is 0.263. The van der Waals surface area contributed by atoms with E-state index < -0.39 is 0 Å². The van der Waals surface area contributed by atoms with Gasteiger partial charge in [0.25, 0.3) is 0 Å². The molecule has 58 heavy (non-hydrogen) atoms. The van der Waals surface area contributed by atoms with Gasteiger partial charge in [-0.25, -0.2) is 0 Å². The summed E-state index contributed by atoms with van der Waals surface area (Å²) in [7, 11) is 0. The van der Waals surface area contributed by atoms with Gasteiger partial charge in [0.1, 0.15) is 0 Å². The van der Waals surface area contributed by atoms with Gasteiger partial charge in [-0.1, -0.05) is 134 Å². The molecule has 7 aliphatic rings. The molecule has 0 radical (unpaired) electrons. The largest absolute Gasteiger partial charge is 0.310 e. The molecule has 0 saturated heterocycles. The zero-order valence-electron chi connectivity index (χ0n) is 33.2. The highest BCUT2D eigenvalue weighted by atomic mass is 15.1. The molecule has 7 aromatic rings. The predicted molar refractivity (Wildman–Crippen MR) is 240 cm³/mol. The van der Waals surface area contributed by atoms with E-state index in [4.69, 9.17) is 0 Å². The van der Waals surface area contributed by atoms with E-state index in [1.54, 1.807) is 11.1 Å². The van der Waals surface area contributed by atoms with E-state index in [2.05, 4.69) is 169 Å². The van der Waals surface area contributed by atoms with Gasteiger partial charge in [-0.05, 0) is 178 Å². The lowest BCUT2D eigenvalue weighted by Crippen LogP contribution is -2.55. The van der Waals surface area contributed by atoms with Gasteiger partial charge in [-0.15, -0.1) is 0 Å². The van der Waals surface area contributed by atoms with Crippen molar-refractivity contribution in [3.63, 3.8) is 0 Å². The molecule has 282 valence electrons. The van der Waals surface area contributed by atoms with Crippen LogP contribution in [-0.4, -0.2) is 0 Å². The monoisotopic (exact) mass is 747 g/mol. The standard InChI is InChI=1S/C57H49N/c1-2-10-39(11-3-1)40-16-21-45(22-17-40)58(47-25-27-50-48-12-4-6-14-52(48)56(54(50)36-47)28-8-9-29-56)46-23-18-41(19-24-46)42-20-26-51-49-13-5-7-15-53(49)57(55(51)35-42)43-31-37-30-38(33-43)34-44(57)32-37/h1-7,10-27,35-38,43-44H,8-9,28-34H2. The summed E-state index contributed by atoms with van der Waals surface area (Å²) in [6.45, 7) is 0. The van der Waals surface area contributed by atoms with Gasteiger partial charge in [0.15, 0.2) is 0 Å². The number of rotatable bonds is 5. The molecule has 0 unspecified atom stereocenters. The Bertz CT molecular complexity index is 2700. The van der Waals surface area contributed by atoms with Crippen LogP contribution in [0, 0.1) is 23.7 Å². The van der Waals surface area contributed by atoms with E-state index in [0.29, 0.717) is 0 Å². The van der Waals surface area contributed by atoms with Gasteiger partial charge >= 0.3 is 0 Å². The molecule has 0 amide bonds. The number of anilines is 3. The maximum Gasteiger partial charge on any atom is 0.0465 e. The highest BCUT2D eigenvalue weighted by Gasteiger charge is 2.61. The molecule has 1 heteroatoms. The highest BCUT2D eigenvalue weighted by molar-refractivity contribution is 5.88. The second kappa shape index (κ2) is 12.4. The second-order valence-corrected chi connectivity index (χ2v) is 18.8. The molecule has 0 N–H and O–H groups in total. The Balaban J connectivity index is 0.914. The van der Waals surface area contributed by atoms with Gasteiger partial charge in [0, 0.05) is 27.9 Å². The first kappa shape index (κ1) is 33.3. The molecule has 1 nitrogen and oxygen atoms in total. The number of nitrogens with zero attached hydrogens (tertiary/aromatic N) is 1. The molecule has 0 aromatic heterocycles. The van der Waals surface area contributed by atoms with Crippen LogP contribution in [0.5, 0.6) is 0 Å². The van der Waals surface area contributed by atoms with E-state index in [1.165, 1.54) is 130 Å². The van der Waals surface area contributed by atoms with Crippen LogP contribution < -0.4 is 4.90 Å². The Kier molecular flexibility index (Phi) is 7.14. The van der Waals surface area contributed by atoms with Gasteiger partial charge < -0.3 is 4.90 Å². The molecule has 5 saturated carbocycles. The fourth-order valence-electron chi connectivity index (χ4n) is 14.1. The maximum atomic E-state index is 2.63. The third kappa shape index (κ3) is 4.59. The molecule has 5 fully saturated rings. The number of hydrogen-bond donors (Lipinski definition) is 0. The van der Waals surface area contributed by atoms with Crippen molar-refractivity contribution < 1.29 is 0 Å². The quantitative estimate of drug-likeness (QED) is 0.169. The van der Waals surface area contributed by atoms with Crippen LogP contribution in [0.25, 0.3) is 44.5 Å². The van der Waals surface area contributed by atoms with Gasteiger partial charge in [-0.3, -0.25) is 0 Å². The average Bonchev–Trinajstić information content (AvgIpc) is 3.96. The molecule has 4 bridgehead atoms. The van der Waals surface area contributed by atoms with Crippen molar-refractivity contribution in [1.82, 2.24) is 0 Å². The highest BCUT2D eigenvalue weighted by Crippen LogP contribution is 2.69. The lowest BCUT2D eigenvalue weighted by molar-refractivity contribution is -0.0399. The van der Waals surface area contributed by atoms with Crippen molar-refractivity contribution in [1.29, 1.82) is 0 Å². The molecular weight excluding hydrogens is 699 g/mol. The van der Waals surface area contributed by atoms with Crippen LogP contribution >= 0.6 is 0 Å². The molecule has 7 aromatic carbocycles. The first-order valence-corrected chi connectivity index (χ1v) is 22.2. The van der Waals surface area contributed by atoms with E-state index >= 15 is 0 Å². The molecule has 0 heterocycles. The van der Waals surface area contributed by atoms with E-state index in [1.807, 2.05) is 0 Å². The zero-order chi connectivity index (χ0) is 38.0.